The normalized spacial score (nSPS) is 35.3. The summed E-state index contributed by atoms with van der Waals surface area (Å²) in [6, 6.07) is 0.775. The van der Waals surface area contributed by atoms with Gasteiger partial charge in [0.1, 0.15) is 0 Å². The molecule has 0 radical (unpaired) electrons. The van der Waals surface area contributed by atoms with Crippen LogP contribution in [0.15, 0.2) is 0 Å². The van der Waals surface area contributed by atoms with Crippen LogP contribution in [0.3, 0.4) is 0 Å². The third-order valence-corrected chi connectivity index (χ3v) is 5.86. The molecule has 1 saturated heterocycles. The van der Waals surface area contributed by atoms with Crippen LogP contribution >= 0.6 is 0 Å². The van der Waals surface area contributed by atoms with Crippen molar-refractivity contribution in [3.8, 4) is 0 Å². The molecule has 2 fully saturated rings. The fourth-order valence-corrected chi connectivity index (χ4v) is 4.49. The summed E-state index contributed by atoms with van der Waals surface area (Å²) in [5, 5.41) is 3.85. The van der Waals surface area contributed by atoms with E-state index >= 15 is 0 Å². The first-order chi connectivity index (χ1) is 10.1. The van der Waals surface area contributed by atoms with Crippen LogP contribution in [0, 0.1) is 23.7 Å². The molecule has 0 spiro atoms. The minimum atomic E-state index is 0.775. The van der Waals surface area contributed by atoms with E-state index in [4.69, 9.17) is 0 Å². The van der Waals surface area contributed by atoms with Gasteiger partial charge in [0.2, 0.25) is 0 Å². The number of hydrogen-bond acceptors (Lipinski definition) is 2. The molecule has 0 aromatic carbocycles. The van der Waals surface area contributed by atoms with Gasteiger partial charge in [-0.05, 0) is 75.3 Å². The number of nitrogens with zero attached hydrogens (tertiary/aromatic N) is 1. The van der Waals surface area contributed by atoms with Crippen LogP contribution in [0.2, 0.25) is 0 Å². The lowest BCUT2D eigenvalue weighted by molar-refractivity contribution is 0.0976. The molecule has 1 aliphatic heterocycles. The number of likely N-dealkylation sites (tertiary alicyclic amines) is 1. The van der Waals surface area contributed by atoms with Gasteiger partial charge in [-0.25, -0.2) is 0 Å². The van der Waals surface area contributed by atoms with Crippen molar-refractivity contribution in [1.29, 1.82) is 0 Å². The third-order valence-electron chi connectivity index (χ3n) is 5.86. The van der Waals surface area contributed by atoms with Crippen LogP contribution in [0.4, 0.5) is 0 Å². The van der Waals surface area contributed by atoms with Crippen LogP contribution in [-0.2, 0) is 0 Å². The van der Waals surface area contributed by atoms with Gasteiger partial charge in [-0.3, -0.25) is 0 Å². The van der Waals surface area contributed by atoms with Crippen molar-refractivity contribution in [3.63, 3.8) is 0 Å². The Kier molecular flexibility index (Phi) is 7.01. The van der Waals surface area contributed by atoms with Crippen molar-refractivity contribution < 1.29 is 0 Å². The van der Waals surface area contributed by atoms with Crippen LogP contribution < -0.4 is 5.32 Å². The molecule has 4 atom stereocenters. The topological polar surface area (TPSA) is 15.3 Å². The number of hydrogen-bond donors (Lipinski definition) is 1. The second kappa shape index (κ2) is 8.53. The van der Waals surface area contributed by atoms with Gasteiger partial charge in [0, 0.05) is 19.1 Å². The van der Waals surface area contributed by atoms with E-state index in [1.54, 1.807) is 0 Å². The molecular weight excluding hydrogens is 256 g/mol. The van der Waals surface area contributed by atoms with Crippen molar-refractivity contribution in [2.75, 3.05) is 26.2 Å². The molecule has 1 N–H and O–H groups in total. The van der Waals surface area contributed by atoms with Gasteiger partial charge in [0.05, 0.1) is 0 Å². The Labute approximate surface area is 133 Å². The van der Waals surface area contributed by atoms with E-state index in [1.165, 1.54) is 64.7 Å². The smallest absolute Gasteiger partial charge is 0.0108 e. The molecular formula is C19H38N2. The number of piperidine rings is 1. The average Bonchev–Trinajstić information content (AvgIpc) is 2.46. The quantitative estimate of drug-likeness (QED) is 0.791. The summed E-state index contributed by atoms with van der Waals surface area (Å²) in [5.41, 5.74) is 0. The maximum atomic E-state index is 3.85. The average molecular weight is 295 g/mol. The summed E-state index contributed by atoms with van der Waals surface area (Å²) in [4.78, 5) is 2.77. The van der Waals surface area contributed by atoms with Crippen LogP contribution in [0.5, 0.6) is 0 Å². The van der Waals surface area contributed by atoms with Crippen LogP contribution in [0.1, 0.15) is 66.2 Å². The molecule has 1 aliphatic carbocycles. The van der Waals surface area contributed by atoms with E-state index in [2.05, 4.69) is 37.9 Å². The van der Waals surface area contributed by atoms with E-state index in [-0.39, 0.29) is 0 Å². The van der Waals surface area contributed by atoms with E-state index in [0.29, 0.717) is 0 Å². The fourth-order valence-electron chi connectivity index (χ4n) is 4.49. The molecule has 21 heavy (non-hydrogen) atoms. The van der Waals surface area contributed by atoms with Crippen molar-refractivity contribution in [2.24, 2.45) is 23.7 Å². The molecule has 124 valence electrons. The van der Waals surface area contributed by atoms with Gasteiger partial charge >= 0.3 is 0 Å². The Balaban J connectivity index is 1.91. The highest BCUT2D eigenvalue weighted by molar-refractivity contribution is 4.88. The molecule has 0 aromatic rings. The van der Waals surface area contributed by atoms with Gasteiger partial charge in [0.25, 0.3) is 0 Å². The van der Waals surface area contributed by atoms with Gasteiger partial charge in [-0.2, -0.15) is 0 Å². The SMILES string of the molecule is CCCNC1CCC(C(C)C)CC1CN1CCCC(C)C1. The summed E-state index contributed by atoms with van der Waals surface area (Å²) in [6.45, 7) is 14.8. The molecule has 0 amide bonds. The predicted molar refractivity (Wildman–Crippen MR) is 92.6 cm³/mol. The molecule has 2 aliphatic rings. The van der Waals surface area contributed by atoms with E-state index in [1.807, 2.05) is 0 Å². The largest absolute Gasteiger partial charge is 0.314 e. The first-order valence-corrected chi connectivity index (χ1v) is 9.55. The molecule has 1 saturated carbocycles. The van der Waals surface area contributed by atoms with Crippen molar-refractivity contribution in [1.82, 2.24) is 10.2 Å². The monoisotopic (exact) mass is 294 g/mol. The summed E-state index contributed by atoms with van der Waals surface area (Å²) in [6.07, 6.45) is 8.40. The standard InChI is InChI=1S/C19H38N2/c1-5-10-20-19-9-8-17(15(2)3)12-18(19)14-21-11-6-7-16(4)13-21/h15-20H,5-14H2,1-4H3. The summed E-state index contributed by atoms with van der Waals surface area (Å²) < 4.78 is 0. The maximum absolute atomic E-state index is 3.85. The van der Waals surface area contributed by atoms with E-state index < -0.39 is 0 Å². The van der Waals surface area contributed by atoms with Gasteiger partial charge < -0.3 is 10.2 Å². The minimum Gasteiger partial charge on any atom is -0.314 e. The zero-order valence-electron chi connectivity index (χ0n) is 14.9. The lowest BCUT2D eigenvalue weighted by Crippen LogP contribution is -2.48. The lowest BCUT2D eigenvalue weighted by atomic mass is 9.73. The van der Waals surface area contributed by atoms with Gasteiger partial charge in [0.15, 0.2) is 0 Å². The van der Waals surface area contributed by atoms with Crippen molar-refractivity contribution >= 4 is 0 Å². The molecule has 0 bridgehead atoms. The first-order valence-electron chi connectivity index (χ1n) is 9.55. The summed E-state index contributed by atoms with van der Waals surface area (Å²) in [5.74, 6) is 3.60. The first kappa shape index (κ1) is 17.3. The maximum Gasteiger partial charge on any atom is 0.0108 e. The Morgan fingerprint density at radius 1 is 1.19 bits per heavy atom. The van der Waals surface area contributed by atoms with Gasteiger partial charge in [-0.15, -0.1) is 0 Å². The van der Waals surface area contributed by atoms with Gasteiger partial charge in [-0.1, -0.05) is 27.7 Å². The van der Waals surface area contributed by atoms with Crippen molar-refractivity contribution in [3.05, 3.63) is 0 Å². The summed E-state index contributed by atoms with van der Waals surface area (Å²) >= 11 is 0. The zero-order valence-corrected chi connectivity index (χ0v) is 14.9. The summed E-state index contributed by atoms with van der Waals surface area (Å²) in [7, 11) is 0. The van der Waals surface area contributed by atoms with E-state index in [0.717, 1.165) is 29.7 Å². The molecule has 2 heteroatoms. The molecule has 2 rings (SSSR count). The van der Waals surface area contributed by atoms with Crippen LogP contribution in [0.25, 0.3) is 0 Å². The Bertz CT molecular complexity index is 289. The van der Waals surface area contributed by atoms with Crippen molar-refractivity contribution in [2.45, 2.75) is 72.3 Å². The second-order valence-electron chi connectivity index (χ2n) is 8.14. The number of rotatable bonds is 6. The highest BCUT2D eigenvalue weighted by Crippen LogP contribution is 2.35. The Hall–Kier alpha value is -0.0800. The Morgan fingerprint density at radius 3 is 2.67 bits per heavy atom. The second-order valence-corrected chi connectivity index (χ2v) is 8.14. The molecule has 1 heterocycles. The predicted octanol–water partition coefficient (Wildman–Crippen LogP) is 4.16. The molecule has 4 unspecified atom stereocenters. The Morgan fingerprint density at radius 2 is 2.00 bits per heavy atom. The minimum absolute atomic E-state index is 0.775. The highest BCUT2D eigenvalue weighted by Gasteiger charge is 2.33. The van der Waals surface area contributed by atoms with E-state index in [9.17, 15) is 0 Å². The zero-order chi connectivity index (χ0) is 15.2. The highest BCUT2D eigenvalue weighted by atomic mass is 15.1. The lowest BCUT2D eigenvalue weighted by Gasteiger charge is -2.42. The van der Waals surface area contributed by atoms with Crippen LogP contribution in [-0.4, -0.2) is 37.1 Å². The number of nitrogens with one attached hydrogen (secondary N) is 1. The third kappa shape index (κ3) is 5.25. The molecule has 2 nitrogen and oxygen atoms in total. The molecule has 0 aromatic heterocycles. The fraction of sp³-hybridized carbons (Fsp3) is 1.00.